The molecule has 0 radical (unpaired) electrons. The third-order valence-electron chi connectivity index (χ3n) is 5.19. The van der Waals surface area contributed by atoms with E-state index in [9.17, 15) is 27.2 Å². The maximum Gasteiger partial charge on any atom is 0.252 e. The van der Waals surface area contributed by atoms with Crippen molar-refractivity contribution < 1.29 is 36.7 Å². The van der Waals surface area contributed by atoms with Crippen molar-refractivity contribution in [3.63, 3.8) is 0 Å². The normalized spacial score (nSPS) is 16.5. The van der Waals surface area contributed by atoms with Crippen LogP contribution in [0, 0.1) is 5.82 Å². The van der Waals surface area contributed by atoms with Gasteiger partial charge >= 0.3 is 0 Å². The van der Waals surface area contributed by atoms with Gasteiger partial charge < -0.3 is 14.8 Å². The van der Waals surface area contributed by atoms with E-state index in [0.29, 0.717) is 5.69 Å². The number of carbonyl (C=O) groups is 3. The maximum absolute atomic E-state index is 13.4. The highest BCUT2D eigenvalue weighted by molar-refractivity contribution is 7.89. The number of benzene rings is 2. The van der Waals surface area contributed by atoms with Gasteiger partial charge in [0.25, 0.3) is 5.91 Å². The highest BCUT2D eigenvalue weighted by atomic mass is 32.2. The number of methoxy groups -OCH3 is 2. The quantitative estimate of drug-likeness (QED) is 0.417. The second-order valence-corrected chi connectivity index (χ2v) is 9.34. The Morgan fingerprint density at radius 1 is 1.12 bits per heavy atom. The van der Waals surface area contributed by atoms with Gasteiger partial charge in [-0.05, 0) is 48.5 Å². The van der Waals surface area contributed by atoms with Crippen molar-refractivity contribution in [2.75, 3.05) is 31.0 Å². The van der Waals surface area contributed by atoms with Crippen LogP contribution in [0.1, 0.15) is 13.3 Å². The zero-order chi connectivity index (χ0) is 25.0. The van der Waals surface area contributed by atoms with Gasteiger partial charge in [-0.1, -0.05) is 0 Å². The van der Waals surface area contributed by atoms with Crippen LogP contribution in [0.5, 0.6) is 0 Å². The average Bonchev–Trinajstić information content (AvgIpc) is 3.08. The number of rotatable bonds is 9. The average molecular weight is 494 g/mol. The van der Waals surface area contributed by atoms with Crippen molar-refractivity contribution in [2.24, 2.45) is 0 Å². The van der Waals surface area contributed by atoms with Crippen LogP contribution >= 0.6 is 0 Å². The van der Waals surface area contributed by atoms with Crippen LogP contribution in [0.15, 0.2) is 53.4 Å². The van der Waals surface area contributed by atoms with Gasteiger partial charge in [-0.2, -0.15) is 4.31 Å². The summed E-state index contributed by atoms with van der Waals surface area (Å²) in [7, 11) is -1.73. The van der Waals surface area contributed by atoms with E-state index in [4.69, 9.17) is 9.47 Å². The van der Waals surface area contributed by atoms with Crippen LogP contribution < -0.4 is 10.2 Å². The molecule has 34 heavy (non-hydrogen) atoms. The number of hydrogen-bond acceptors (Lipinski definition) is 7. The molecule has 0 aromatic heterocycles. The molecular formula is C22H24FN3O7S. The number of nitrogens with one attached hydrogen (secondary N) is 1. The Morgan fingerprint density at radius 3 is 2.24 bits per heavy atom. The minimum atomic E-state index is -4.34. The predicted molar refractivity (Wildman–Crippen MR) is 120 cm³/mol. The van der Waals surface area contributed by atoms with E-state index in [0.717, 1.165) is 33.5 Å². The van der Waals surface area contributed by atoms with E-state index < -0.39 is 46.4 Å². The van der Waals surface area contributed by atoms with Gasteiger partial charge in [-0.25, -0.2) is 17.7 Å². The Bertz CT molecular complexity index is 1170. The van der Waals surface area contributed by atoms with Gasteiger partial charge in [-0.15, -0.1) is 0 Å². The summed E-state index contributed by atoms with van der Waals surface area (Å²) in [5.41, 5.74) is 0.691. The summed E-state index contributed by atoms with van der Waals surface area (Å²) in [6, 6.07) is 8.72. The number of hydrogen-bond donors (Lipinski definition) is 1. The smallest absolute Gasteiger partial charge is 0.252 e. The summed E-state index contributed by atoms with van der Waals surface area (Å²) in [5, 5.41) is 2.58. The molecule has 1 N–H and O–H groups in total. The molecule has 0 aliphatic carbocycles. The van der Waals surface area contributed by atoms with Gasteiger partial charge in [0.1, 0.15) is 11.9 Å². The molecule has 1 aliphatic rings. The molecule has 0 saturated carbocycles. The Labute approximate surface area is 196 Å². The minimum absolute atomic E-state index is 0.223. The van der Waals surface area contributed by atoms with Crippen molar-refractivity contribution in [3.05, 3.63) is 54.3 Å². The van der Waals surface area contributed by atoms with E-state index in [1.807, 2.05) is 0 Å². The van der Waals surface area contributed by atoms with Crippen molar-refractivity contribution in [1.29, 1.82) is 0 Å². The molecule has 1 atom stereocenters. The molecular weight excluding hydrogens is 469 g/mol. The summed E-state index contributed by atoms with van der Waals surface area (Å²) >= 11 is 0. The molecule has 10 nitrogen and oxygen atoms in total. The molecule has 0 bridgehead atoms. The topological polar surface area (TPSA) is 122 Å². The number of sulfonamides is 1. The van der Waals surface area contributed by atoms with Gasteiger partial charge in [0, 0.05) is 26.8 Å². The van der Waals surface area contributed by atoms with Crippen molar-refractivity contribution >= 4 is 39.1 Å². The zero-order valence-electron chi connectivity index (χ0n) is 18.7. The number of halogens is 1. The summed E-state index contributed by atoms with van der Waals surface area (Å²) in [4.78, 5) is 37.9. The number of anilines is 2. The summed E-state index contributed by atoms with van der Waals surface area (Å²) in [6.07, 6.45) is -1.43. The Hall–Kier alpha value is -3.19. The molecule has 2 aromatic carbocycles. The lowest BCUT2D eigenvalue weighted by atomic mass is 10.2. The Kier molecular flexibility index (Phi) is 7.77. The van der Waals surface area contributed by atoms with Gasteiger partial charge in [0.15, 0.2) is 6.29 Å². The van der Waals surface area contributed by atoms with Crippen LogP contribution in [0.2, 0.25) is 0 Å². The van der Waals surface area contributed by atoms with E-state index in [1.54, 1.807) is 0 Å². The molecule has 2 aromatic rings. The first-order valence-electron chi connectivity index (χ1n) is 10.2. The van der Waals surface area contributed by atoms with Crippen molar-refractivity contribution in [2.45, 2.75) is 30.6 Å². The molecule has 1 fully saturated rings. The monoisotopic (exact) mass is 493 g/mol. The second-order valence-electron chi connectivity index (χ2n) is 7.44. The predicted octanol–water partition coefficient (Wildman–Crippen LogP) is 1.73. The van der Waals surface area contributed by atoms with Gasteiger partial charge in [0.2, 0.25) is 21.8 Å². The molecule has 182 valence electrons. The van der Waals surface area contributed by atoms with Gasteiger partial charge in [0.05, 0.1) is 23.5 Å². The first kappa shape index (κ1) is 25.4. The van der Waals surface area contributed by atoms with Crippen LogP contribution in [0.25, 0.3) is 0 Å². The fourth-order valence-corrected chi connectivity index (χ4v) is 5.10. The van der Waals surface area contributed by atoms with Gasteiger partial charge in [-0.3, -0.25) is 14.4 Å². The summed E-state index contributed by atoms with van der Waals surface area (Å²) < 4.78 is 51.3. The fraction of sp³-hybridized carbons (Fsp3) is 0.318. The van der Waals surface area contributed by atoms with Crippen molar-refractivity contribution in [1.82, 2.24) is 4.31 Å². The fourth-order valence-electron chi connectivity index (χ4n) is 3.54. The van der Waals surface area contributed by atoms with E-state index in [2.05, 4.69) is 5.32 Å². The van der Waals surface area contributed by atoms with E-state index in [1.165, 1.54) is 45.4 Å². The minimum Gasteiger partial charge on any atom is -0.354 e. The SMILES string of the molecule is COC(CN(C1CC(=O)N(c2ccc(NC(C)=O)cc2)C1=O)S(=O)(=O)c1ccc(F)cc1)OC. The number of carbonyl (C=O) groups excluding carboxylic acids is 3. The summed E-state index contributed by atoms with van der Waals surface area (Å²) in [6.45, 7) is 0.960. The molecule has 3 rings (SSSR count). The molecule has 1 heterocycles. The number of amides is 3. The van der Waals surface area contributed by atoms with Crippen LogP contribution in [-0.2, 0) is 33.9 Å². The number of nitrogens with zero attached hydrogens (tertiary/aromatic N) is 2. The maximum atomic E-state index is 13.4. The third-order valence-corrected chi connectivity index (χ3v) is 7.08. The van der Waals surface area contributed by atoms with E-state index >= 15 is 0 Å². The first-order valence-corrected chi connectivity index (χ1v) is 11.6. The second kappa shape index (κ2) is 10.4. The molecule has 1 aliphatic heterocycles. The molecule has 1 saturated heterocycles. The van der Waals surface area contributed by atoms with Crippen LogP contribution in [-0.4, -0.2) is 63.5 Å². The molecule has 3 amide bonds. The molecule has 0 spiro atoms. The Balaban J connectivity index is 1.96. The highest BCUT2D eigenvalue weighted by Crippen LogP contribution is 2.30. The summed E-state index contributed by atoms with van der Waals surface area (Å²) in [5.74, 6) is -2.27. The largest absolute Gasteiger partial charge is 0.354 e. The standard InChI is InChI=1S/C22H24FN3O7S/c1-14(27)24-16-6-8-17(9-7-16)26-20(28)12-19(22(26)29)25(13-21(32-2)33-3)34(30,31)18-10-4-15(23)5-11-18/h4-11,19,21H,12-13H2,1-3H3,(H,24,27). The highest BCUT2D eigenvalue weighted by Gasteiger charge is 2.47. The number of ether oxygens (including phenoxy) is 2. The number of imide groups is 1. The zero-order valence-corrected chi connectivity index (χ0v) is 19.5. The first-order chi connectivity index (χ1) is 16.1. The molecule has 12 heteroatoms. The third kappa shape index (κ3) is 5.30. The lowest BCUT2D eigenvalue weighted by molar-refractivity contribution is -0.126. The van der Waals surface area contributed by atoms with Crippen LogP contribution in [0.3, 0.4) is 0 Å². The van der Waals surface area contributed by atoms with E-state index in [-0.39, 0.29) is 23.0 Å². The molecule has 1 unspecified atom stereocenters. The lowest BCUT2D eigenvalue weighted by Crippen LogP contribution is -2.49. The lowest BCUT2D eigenvalue weighted by Gasteiger charge is -2.29. The van der Waals surface area contributed by atoms with Crippen LogP contribution in [0.4, 0.5) is 15.8 Å². The Morgan fingerprint density at radius 2 is 1.71 bits per heavy atom. The van der Waals surface area contributed by atoms with Crippen molar-refractivity contribution in [3.8, 4) is 0 Å².